The molecule has 0 spiro atoms. The molecule has 0 heterocycles. The molecular formula is C14H8F13NO9S3. The molecule has 0 bridgehead atoms. The Bertz CT molecular complexity index is 1500. The van der Waals surface area contributed by atoms with Crippen LogP contribution in [0.2, 0.25) is 0 Å². The van der Waals surface area contributed by atoms with Crippen LogP contribution in [0, 0.1) is 5.82 Å². The van der Waals surface area contributed by atoms with Crippen LogP contribution in [0.5, 0.6) is 5.75 Å². The summed E-state index contributed by atoms with van der Waals surface area (Å²) >= 11 is 0. The van der Waals surface area contributed by atoms with Crippen molar-refractivity contribution in [3.8, 4) is 5.75 Å². The number of hydrogen-bond acceptors (Lipinski definition) is 8. The molecule has 2 N–H and O–H groups in total. The average Bonchev–Trinajstić information content (AvgIpc) is 2.72. The van der Waals surface area contributed by atoms with Gasteiger partial charge in [0.2, 0.25) is 0 Å². The van der Waals surface area contributed by atoms with Gasteiger partial charge in [0, 0.05) is 12.5 Å². The second-order valence-corrected chi connectivity index (χ2v) is 12.0. The van der Waals surface area contributed by atoms with Crippen molar-refractivity contribution >= 4 is 36.2 Å². The number of rotatable bonds is 11. The first-order chi connectivity index (χ1) is 17.2. The quantitative estimate of drug-likeness (QED) is 0.204. The standard InChI is InChI=1S/C14H8F13NO9S3/c1-9(16,17)10(18,19)12(22,23)38(30,31)28-8(29)5-2-3-7(6(15)4-5)37-40(35,36)14(26,27)11(20,21)13(24,25)39(32,33)34/h2-4H,1H3,(H,28,29)(H,32,33,34). The lowest BCUT2D eigenvalue weighted by atomic mass is 10.2. The maximum absolute atomic E-state index is 14.1. The fourth-order valence-corrected chi connectivity index (χ4v) is 4.48. The van der Waals surface area contributed by atoms with E-state index in [-0.39, 0.29) is 16.9 Å². The molecule has 1 rings (SSSR count). The molecule has 0 unspecified atom stereocenters. The van der Waals surface area contributed by atoms with Gasteiger partial charge < -0.3 is 4.18 Å². The fraction of sp³-hybridized carbons (Fsp3) is 0.500. The zero-order valence-corrected chi connectivity index (χ0v) is 20.5. The van der Waals surface area contributed by atoms with Gasteiger partial charge in [0.25, 0.3) is 5.91 Å². The Labute approximate surface area is 213 Å². The number of sulfonamides is 1. The second kappa shape index (κ2) is 9.74. The van der Waals surface area contributed by atoms with Crippen LogP contribution >= 0.6 is 0 Å². The average molecular weight is 677 g/mol. The Balaban J connectivity index is 3.40. The molecule has 0 aromatic heterocycles. The third-order valence-electron chi connectivity index (χ3n) is 4.24. The van der Waals surface area contributed by atoms with Crippen molar-refractivity contribution in [1.82, 2.24) is 4.72 Å². The number of hydrogen-bond donors (Lipinski definition) is 2. The van der Waals surface area contributed by atoms with Crippen molar-refractivity contribution in [3.63, 3.8) is 0 Å². The molecule has 0 aliphatic carbocycles. The van der Waals surface area contributed by atoms with Crippen LogP contribution < -0.4 is 8.91 Å². The third-order valence-corrected chi connectivity index (χ3v) is 7.82. The van der Waals surface area contributed by atoms with Crippen LogP contribution in [0.4, 0.5) is 57.1 Å². The molecule has 0 radical (unpaired) electrons. The summed E-state index contributed by atoms with van der Waals surface area (Å²) in [7, 11) is -22.1. The van der Waals surface area contributed by atoms with Crippen LogP contribution in [0.3, 0.4) is 0 Å². The van der Waals surface area contributed by atoms with Gasteiger partial charge in [-0.05, 0) is 18.2 Å². The number of halogens is 13. The minimum absolute atomic E-state index is 0.122. The van der Waals surface area contributed by atoms with Gasteiger partial charge >= 0.3 is 63.8 Å². The Morgan fingerprint density at radius 1 is 0.775 bits per heavy atom. The molecule has 0 aliphatic rings. The van der Waals surface area contributed by atoms with Crippen molar-refractivity contribution in [1.29, 1.82) is 0 Å². The molecule has 40 heavy (non-hydrogen) atoms. The van der Waals surface area contributed by atoms with E-state index in [2.05, 4.69) is 4.18 Å². The van der Waals surface area contributed by atoms with Crippen molar-refractivity contribution < 1.29 is 95.9 Å². The first kappa shape index (κ1) is 35.4. The van der Waals surface area contributed by atoms with Gasteiger partial charge in [0.15, 0.2) is 11.6 Å². The summed E-state index contributed by atoms with van der Waals surface area (Å²) in [6, 6.07) is -1.05. The summed E-state index contributed by atoms with van der Waals surface area (Å²) in [5.41, 5.74) is -1.62. The molecule has 0 fully saturated rings. The molecule has 1 aromatic carbocycles. The van der Waals surface area contributed by atoms with E-state index in [0.29, 0.717) is 0 Å². The highest BCUT2D eigenvalue weighted by Gasteiger charge is 2.83. The molecule has 0 saturated heterocycles. The van der Waals surface area contributed by atoms with E-state index in [1.165, 1.54) is 0 Å². The predicted octanol–water partition coefficient (Wildman–Crippen LogP) is 3.19. The lowest BCUT2D eigenvalue weighted by molar-refractivity contribution is -0.271. The highest BCUT2D eigenvalue weighted by Crippen LogP contribution is 2.51. The first-order valence-corrected chi connectivity index (χ1v) is 13.1. The largest absolute Gasteiger partial charge is 0.450 e. The molecule has 0 saturated carbocycles. The Hall–Kier alpha value is -2.61. The second-order valence-electron chi connectivity index (χ2n) is 7.18. The van der Waals surface area contributed by atoms with Gasteiger partial charge in [-0.1, -0.05) is 0 Å². The van der Waals surface area contributed by atoms with E-state index in [1.807, 2.05) is 0 Å². The number of nitrogens with one attached hydrogen (secondary N) is 1. The molecule has 0 aliphatic heterocycles. The van der Waals surface area contributed by atoms with Gasteiger partial charge in [-0.15, -0.1) is 0 Å². The van der Waals surface area contributed by atoms with Gasteiger partial charge in [0.05, 0.1) is 0 Å². The van der Waals surface area contributed by atoms with Crippen molar-refractivity contribution in [3.05, 3.63) is 29.6 Å². The molecule has 1 amide bonds. The summed E-state index contributed by atoms with van der Waals surface area (Å²) < 4.78 is 252. The van der Waals surface area contributed by atoms with Crippen LogP contribution in [0.15, 0.2) is 18.2 Å². The summed E-state index contributed by atoms with van der Waals surface area (Å²) in [6.45, 7) is -0.830. The first-order valence-electron chi connectivity index (χ1n) is 8.77. The summed E-state index contributed by atoms with van der Waals surface area (Å²) in [4.78, 5) is 11.8. The van der Waals surface area contributed by atoms with Gasteiger partial charge in [-0.25, -0.2) is 9.11 Å². The summed E-state index contributed by atoms with van der Waals surface area (Å²) in [6.07, 6.45) is 0. The van der Waals surface area contributed by atoms with Crippen LogP contribution in [0.25, 0.3) is 0 Å². The fourth-order valence-electron chi connectivity index (χ4n) is 2.04. The highest BCUT2D eigenvalue weighted by atomic mass is 32.2. The lowest BCUT2D eigenvalue weighted by Gasteiger charge is -2.30. The minimum Gasteiger partial charge on any atom is -0.375 e. The van der Waals surface area contributed by atoms with E-state index in [9.17, 15) is 87.1 Å². The van der Waals surface area contributed by atoms with E-state index >= 15 is 0 Å². The minimum atomic E-state index is -7.58. The number of carbonyl (C=O) groups excluding carboxylic acids is 1. The van der Waals surface area contributed by atoms with E-state index in [1.54, 1.807) is 0 Å². The van der Waals surface area contributed by atoms with Crippen LogP contribution in [-0.4, -0.2) is 69.2 Å². The van der Waals surface area contributed by atoms with Crippen LogP contribution in [-0.2, 0) is 30.3 Å². The maximum Gasteiger partial charge on any atom is 0.450 e. The Morgan fingerprint density at radius 2 is 1.23 bits per heavy atom. The van der Waals surface area contributed by atoms with Crippen molar-refractivity contribution in [2.24, 2.45) is 0 Å². The summed E-state index contributed by atoms with van der Waals surface area (Å²) in [5, 5.41) is -21.2. The molecular weight excluding hydrogens is 669 g/mol. The van der Waals surface area contributed by atoms with Gasteiger partial charge in [-0.3, -0.25) is 9.35 Å². The normalized spacial score (nSPS) is 15.1. The van der Waals surface area contributed by atoms with Crippen molar-refractivity contribution in [2.45, 2.75) is 40.5 Å². The number of alkyl halides is 12. The van der Waals surface area contributed by atoms with Gasteiger partial charge in [0.1, 0.15) is 0 Å². The number of amides is 1. The molecule has 26 heteroatoms. The van der Waals surface area contributed by atoms with E-state index in [0.717, 1.165) is 0 Å². The topological polar surface area (TPSA) is 161 Å². The monoisotopic (exact) mass is 677 g/mol. The zero-order valence-electron chi connectivity index (χ0n) is 18.1. The van der Waals surface area contributed by atoms with E-state index < -0.39 is 99.8 Å². The molecule has 0 atom stereocenters. The zero-order chi connectivity index (χ0) is 32.3. The molecule has 10 nitrogen and oxygen atoms in total. The molecule has 1 aromatic rings. The number of carbonyl (C=O) groups is 1. The van der Waals surface area contributed by atoms with E-state index in [4.69, 9.17) is 4.55 Å². The smallest absolute Gasteiger partial charge is 0.375 e. The Kier molecular flexibility index (Phi) is 8.63. The van der Waals surface area contributed by atoms with Gasteiger partial charge in [-0.2, -0.15) is 77.9 Å². The third kappa shape index (κ3) is 5.48. The van der Waals surface area contributed by atoms with Crippen LogP contribution in [0.1, 0.15) is 17.3 Å². The predicted molar refractivity (Wildman–Crippen MR) is 99.2 cm³/mol. The SMILES string of the molecule is CC(F)(F)C(F)(F)C(F)(F)S(=O)(=O)NC(=O)c1ccc(OS(=O)(=O)C(F)(F)C(F)(F)C(F)(F)S(=O)(=O)O)c(F)c1. The Morgan fingerprint density at radius 3 is 1.60 bits per heavy atom. The highest BCUT2D eigenvalue weighted by molar-refractivity contribution is 7.91. The van der Waals surface area contributed by atoms with Crippen molar-refractivity contribution in [2.75, 3.05) is 0 Å². The molecule has 232 valence electrons. The lowest BCUT2D eigenvalue weighted by Crippen LogP contribution is -2.61. The summed E-state index contributed by atoms with van der Waals surface area (Å²) in [5.74, 6) is -27.1. The number of benzene rings is 1. The maximum atomic E-state index is 14.1.